The van der Waals surface area contributed by atoms with Gasteiger partial charge in [0, 0.05) is 18.0 Å². The summed E-state index contributed by atoms with van der Waals surface area (Å²) in [7, 11) is 0. The van der Waals surface area contributed by atoms with Crippen molar-refractivity contribution in [3.8, 4) is 0 Å². The van der Waals surface area contributed by atoms with Gasteiger partial charge in [-0.25, -0.2) is 0 Å². The molecule has 2 aliphatic rings. The molecule has 2 N–H and O–H groups in total. The largest absolute Gasteiger partial charge is 0.512 e. The Labute approximate surface area is 71.5 Å². The molecule has 0 bridgehead atoms. The maximum Gasteiger partial charge on any atom is 0.247 e. The van der Waals surface area contributed by atoms with Crippen LogP contribution in [0.25, 0.3) is 0 Å². The number of nitrogens with one attached hydrogen (secondary N) is 1. The zero-order chi connectivity index (χ0) is 8.55. The van der Waals surface area contributed by atoms with E-state index in [4.69, 9.17) is 0 Å². The molecule has 0 aromatic carbocycles. The predicted molar refractivity (Wildman–Crippen MR) is 44.6 cm³/mol. The van der Waals surface area contributed by atoms with Crippen LogP contribution in [0.4, 0.5) is 0 Å². The van der Waals surface area contributed by atoms with Gasteiger partial charge in [-0.1, -0.05) is 12.8 Å². The fourth-order valence-electron chi connectivity index (χ4n) is 2.12. The standard InChI is InChI=1S/C9H13NO2/c11-8-5-9(12)10-7-4-2-1-3-6(7)8/h5-7,11H,1-4H2,(H,10,12)/t6-,7-/m0/s1. The molecule has 1 aliphatic carbocycles. The van der Waals surface area contributed by atoms with Gasteiger partial charge in [0.2, 0.25) is 5.91 Å². The molecule has 1 amide bonds. The van der Waals surface area contributed by atoms with Crippen LogP contribution in [0.5, 0.6) is 0 Å². The predicted octanol–water partition coefficient (Wildman–Crippen LogP) is 1.12. The van der Waals surface area contributed by atoms with E-state index in [1.807, 2.05) is 0 Å². The SMILES string of the molecule is O=C1C=C(O)[C@H]2CCCC[C@@H]2N1. The van der Waals surface area contributed by atoms with Crippen LogP contribution in [0.15, 0.2) is 11.8 Å². The normalized spacial score (nSPS) is 35.0. The highest BCUT2D eigenvalue weighted by Crippen LogP contribution is 2.30. The summed E-state index contributed by atoms with van der Waals surface area (Å²) >= 11 is 0. The van der Waals surface area contributed by atoms with Crippen molar-refractivity contribution in [2.75, 3.05) is 0 Å². The first-order valence-corrected chi connectivity index (χ1v) is 4.48. The van der Waals surface area contributed by atoms with E-state index in [1.54, 1.807) is 0 Å². The summed E-state index contributed by atoms with van der Waals surface area (Å²) in [6.45, 7) is 0. The first kappa shape index (κ1) is 7.65. The van der Waals surface area contributed by atoms with Crippen LogP contribution >= 0.6 is 0 Å². The van der Waals surface area contributed by atoms with E-state index in [0.717, 1.165) is 25.7 Å². The van der Waals surface area contributed by atoms with E-state index in [9.17, 15) is 9.90 Å². The maximum absolute atomic E-state index is 11.0. The van der Waals surface area contributed by atoms with Crippen molar-refractivity contribution in [1.82, 2.24) is 5.32 Å². The lowest BCUT2D eigenvalue weighted by Gasteiger charge is -2.34. The number of amides is 1. The Morgan fingerprint density at radius 3 is 3.00 bits per heavy atom. The molecule has 0 spiro atoms. The van der Waals surface area contributed by atoms with Crippen LogP contribution in [0.3, 0.4) is 0 Å². The average Bonchev–Trinajstić information content (AvgIpc) is 2.04. The van der Waals surface area contributed by atoms with Crippen LogP contribution in [-0.2, 0) is 4.79 Å². The van der Waals surface area contributed by atoms with Crippen LogP contribution < -0.4 is 5.32 Å². The molecule has 2 atom stereocenters. The third-order valence-electron chi connectivity index (χ3n) is 2.75. The van der Waals surface area contributed by atoms with Crippen molar-refractivity contribution in [3.05, 3.63) is 11.8 Å². The summed E-state index contributed by atoms with van der Waals surface area (Å²) in [5.41, 5.74) is 0. The van der Waals surface area contributed by atoms with Crippen molar-refractivity contribution in [1.29, 1.82) is 0 Å². The molecular formula is C9H13NO2. The minimum Gasteiger partial charge on any atom is -0.512 e. The Morgan fingerprint density at radius 1 is 1.42 bits per heavy atom. The minimum atomic E-state index is -0.143. The first-order valence-electron chi connectivity index (χ1n) is 4.48. The van der Waals surface area contributed by atoms with Crippen molar-refractivity contribution in [2.24, 2.45) is 5.92 Å². The van der Waals surface area contributed by atoms with Crippen molar-refractivity contribution in [3.63, 3.8) is 0 Å². The van der Waals surface area contributed by atoms with Crippen LogP contribution in [0.1, 0.15) is 25.7 Å². The number of aliphatic hydroxyl groups excluding tert-OH is 1. The van der Waals surface area contributed by atoms with Gasteiger partial charge in [-0.2, -0.15) is 0 Å². The monoisotopic (exact) mass is 167 g/mol. The van der Waals surface area contributed by atoms with Gasteiger partial charge in [0.25, 0.3) is 0 Å². The lowest BCUT2D eigenvalue weighted by molar-refractivity contribution is -0.118. The number of aliphatic hydroxyl groups is 1. The summed E-state index contributed by atoms with van der Waals surface area (Å²) in [6.07, 6.45) is 5.65. The van der Waals surface area contributed by atoms with Crippen LogP contribution in [0.2, 0.25) is 0 Å². The Hall–Kier alpha value is -0.990. The Balaban J connectivity index is 2.19. The fraction of sp³-hybridized carbons (Fsp3) is 0.667. The van der Waals surface area contributed by atoms with Gasteiger partial charge in [0.15, 0.2) is 0 Å². The van der Waals surface area contributed by atoms with Gasteiger partial charge in [0.05, 0.1) is 0 Å². The Morgan fingerprint density at radius 2 is 2.17 bits per heavy atom. The van der Waals surface area contributed by atoms with E-state index in [0.29, 0.717) is 0 Å². The summed E-state index contributed by atoms with van der Waals surface area (Å²) in [4.78, 5) is 11.0. The fourth-order valence-corrected chi connectivity index (χ4v) is 2.12. The smallest absolute Gasteiger partial charge is 0.247 e. The summed E-state index contributed by atoms with van der Waals surface area (Å²) in [6, 6.07) is 0.191. The van der Waals surface area contributed by atoms with E-state index in [2.05, 4.69) is 5.32 Å². The van der Waals surface area contributed by atoms with Gasteiger partial charge in [-0.05, 0) is 12.8 Å². The topological polar surface area (TPSA) is 49.3 Å². The molecule has 0 aromatic rings. The molecule has 66 valence electrons. The molecule has 12 heavy (non-hydrogen) atoms. The lowest BCUT2D eigenvalue weighted by atomic mass is 9.81. The van der Waals surface area contributed by atoms with Gasteiger partial charge < -0.3 is 10.4 Å². The average molecular weight is 167 g/mol. The molecule has 3 nitrogen and oxygen atoms in total. The molecule has 1 aliphatic heterocycles. The Kier molecular flexibility index (Phi) is 1.79. The molecule has 1 saturated carbocycles. The highest BCUT2D eigenvalue weighted by atomic mass is 16.3. The number of hydrogen-bond donors (Lipinski definition) is 2. The zero-order valence-corrected chi connectivity index (χ0v) is 6.92. The second-order valence-corrected chi connectivity index (χ2v) is 3.58. The van der Waals surface area contributed by atoms with Crippen LogP contribution in [-0.4, -0.2) is 17.1 Å². The third kappa shape index (κ3) is 1.19. The molecule has 3 heteroatoms. The number of carbonyl (C=O) groups excluding carboxylic acids is 1. The van der Waals surface area contributed by atoms with Crippen molar-refractivity contribution < 1.29 is 9.90 Å². The number of hydrogen-bond acceptors (Lipinski definition) is 2. The highest BCUT2D eigenvalue weighted by Gasteiger charge is 2.32. The molecule has 0 saturated heterocycles. The lowest BCUT2D eigenvalue weighted by Crippen LogP contribution is -2.45. The van der Waals surface area contributed by atoms with E-state index < -0.39 is 0 Å². The third-order valence-corrected chi connectivity index (χ3v) is 2.75. The van der Waals surface area contributed by atoms with E-state index >= 15 is 0 Å². The molecule has 1 fully saturated rings. The summed E-state index contributed by atoms with van der Waals surface area (Å²) in [5.74, 6) is 0.329. The molecule has 1 heterocycles. The second-order valence-electron chi connectivity index (χ2n) is 3.58. The van der Waals surface area contributed by atoms with Gasteiger partial charge in [0.1, 0.15) is 5.76 Å². The van der Waals surface area contributed by atoms with Gasteiger partial charge in [-0.3, -0.25) is 4.79 Å². The maximum atomic E-state index is 11.0. The number of rotatable bonds is 0. The van der Waals surface area contributed by atoms with Crippen molar-refractivity contribution >= 4 is 5.91 Å². The Bertz CT molecular complexity index is 235. The molecule has 2 rings (SSSR count). The molecule has 0 aromatic heterocycles. The first-order chi connectivity index (χ1) is 5.77. The van der Waals surface area contributed by atoms with E-state index in [1.165, 1.54) is 6.08 Å². The number of fused-ring (bicyclic) bond motifs is 1. The molecular weight excluding hydrogens is 154 g/mol. The quantitative estimate of drug-likeness (QED) is 0.568. The van der Waals surface area contributed by atoms with Crippen molar-refractivity contribution in [2.45, 2.75) is 31.7 Å². The molecule has 0 unspecified atom stereocenters. The molecule has 0 radical (unpaired) electrons. The number of carbonyl (C=O) groups is 1. The highest BCUT2D eigenvalue weighted by molar-refractivity contribution is 5.89. The van der Waals surface area contributed by atoms with Crippen LogP contribution in [0, 0.1) is 5.92 Å². The van der Waals surface area contributed by atoms with E-state index in [-0.39, 0.29) is 23.6 Å². The van der Waals surface area contributed by atoms with Gasteiger partial charge >= 0.3 is 0 Å². The minimum absolute atomic E-state index is 0.143. The van der Waals surface area contributed by atoms with Gasteiger partial charge in [-0.15, -0.1) is 0 Å². The summed E-state index contributed by atoms with van der Waals surface area (Å²) in [5, 5.41) is 12.3. The second kappa shape index (κ2) is 2.81. The zero-order valence-electron chi connectivity index (χ0n) is 6.92. The summed E-state index contributed by atoms with van der Waals surface area (Å²) < 4.78 is 0.